The van der Waals surface area contributed by atoms with E-state index in [0.717, 1.165) is 55.4 Å². The Balaban J connectivity index is 1.31. The van der Waals surface area contributed by atoms with Gasteiger partial charge in [-0.2, -0.15) is 0 Å². The fourth-order valence-corrected chi connectivity index (χ4v) is 3.32. The highest BCUT2D eigenvalue weighted by atomic mass is 16.5. The number of urea groups is 1. The van der Waals surface area contributed by atoms with Gasteiger partial charge >= 0.3 is 6.03 Å². The zero-order valence-corrected chi connectivity index (χ0v) is 15.9. The number of benzene rings is 2. The van der Waals surface area contributed by atoms with Crippen LogP contribution in [-0.4, -0.2) is 47.2 Å². The normalized spacial score (nSPS) is 16.0. The van der Waals surface area contributed by atoms with Gasteiger partial charge in [-0.3, -0.25) is 4.90 Å². The Bertz CT molecular complexity index is 898. The number of morpholine rings is 1. The molecular weight excluding hydrogens is 354 g/mol. The Labute approximate surface area is 164 Å². The summed E-state index contributed by atoms with van der Waals surface area (Å²) in [6.45, 7) is 6.32. The number of aromatic nitrogens is 2. The highest BCUT2D eigenvalue weighted by Gasteiger charge is 2.14. The summed E-state index contributed by atoms with van der Waals surface area (Å²) >= 11 is 0. The molecule has 2 aromatic carbocycles. The molecule has 28 heavy (non-hydrogen) atoms. The molecule has 0 radical (unpaired) electrons. The van der Waals surface area contributed by atoms with E-state index in [1.807, 2.05) is 55.5 Å². The SMILES string of the molecule is C[C@@H](NC(=O)Nc1ccc(CN2CCOCC2)cc1)c1nc2ccccc2[nH]1. The third-order valence-corrected chi connectivity index (χ3v) is 4.89. The van der Waals surface area contributed by atoms with Crippen molar-refractivity contribution in [1.82, 2.24) is 20.2 Å². The lowest BCUT2D eigenvalue weighted by atomic mass is 10.2. The van der Waals surface area contributed by atoms with Crippen molar-refractivity contribution in [2.45, 2.75) is 19.5 Å². The van der Waals surface area contributed by atoms with Crippen LogP contribution in [0.25, 0.3) is 11.0 Å². The smallest absolute Gasteiger partial charge is 0.319 e. The summed E-state index contributed by atoms with van der Waals surface area (Å²) in [5.74, 6) is 0.734. The van der Waals surface area contributed by atoms with Crippen LogP contribution in [0.15, 0.2) is 48.5 Å². The zero-order chi connectivity index (χ0) is 19.3. The van der Waals surface area contributed by atoms with Gasteiger partial charge < -0.3 is 20.4 Å². The molecule has 0 aliphatic carbocycles. The maximum absolute atomic E-state index is 12.3. The molecule has 0 saturated carbocycles. The molecule has 0 spiro atoms. The van der Waals surface area contributed by atoms with Gasteiger partial charge in [-0.05, 0) is 36.8 Å². The highest BCUT2D eigenvalue weighted by Crippen LogP contribution is 2.16. The topological polar surface area (TPSA) is 82.3 Å². The molecule has 7 heteroatoms. The fourth-order valence-electron chi connectivity index (χ4n) is 3.32. The Morgan fingerprint density at radius 2 is 1.93 bits per heavy atom. The lowest BCUT2D eigenvalue weighted by Gasteiger charge is -2.26. The molecule has 7 nitrogen and oxygen atoms in total. The van der Waals surface area contributed by atoms with Gasteiger partial charge in [-0.1, -0.05) is 24.3 Å². The zero-order valence-electron chi connectivity index (χ0n) is 15.9. The first-order chi connectivity index (χ1) is 13.7. The maximum Gasteiger partial charge on any atom is 0.319 e. The van der Waals surface area contributed by atoms with Crippen LogP contribution >= 0.6 is 0 Å². The van der Waals surface area contributed by atoms with Crippen LogP contribution in [0, 0.1) is 0 Å². The molecular formula is C21H25N5O2. The van der Waals surface area contributed by atoms with E-state index < -0.39 is 0 Å². The molecule has 146 valence electrons. The van der Waals surface area contributed by atoms with Gasteiger partial charge in [0.1, 0.15) is 5.82 Å². The van der Waals surface area contributed by atoms with Crippen LogP contribution in [0.1, 0.15) is 24.4 Å². The van der Waals surface area contributed by atoms with E-state index in [-0.39, 0.29) is 12.1 Å². The number of fused-ring (bicyclic) bond motifs is 1. The van der Waals surface area contributed by atoms with Crippen LogP contribution in [0.5, 0.6) is 0 Å². The average Bonchev–Trinajstić information content (AvgIpc) is 3.15. The van der Waals surface area contributed by atoms with Gasteiger partial charge in [0.15, 0.2) is 0 Å². The van der Waals surface area contributed by atoms with Crippen LogP contribution in [-0.2, 0) is 11.3 Å². The molecule has 2 amide bonds. The average molecular weight is 379 g/mol. The quantitative estimate of drug-likeness (QED) is 0.635. The third-order valence-electron chi connectivity index (χ3n) is 4.89. The van der Waals surface area contributed by atoms with E-state index in [4.69, 9.17) is 4.74 Å². The van der Waals surface area contributed by atoms with Gasteiger partial charge in [0.05, 0.1) is 30.3 Å². The van der Waals surface area contributed by atoms with Crippen LogP contribution in [0.4, 0.5) is 10.5 Å². The molecule has 1 aromatic heterocycles. The van der Waals surface area contributed by atoms with Crippen molar-refractivity contribution in [3.05, 3.63) is 59.9 Å². The second-order valence-electron chi connectivity index (χ2n) is 7.04. The fraction of sp³-hybridized carbons (Fsp3) is 0.333. The summed E-state index contributed by atoms with van der Waals surface area (Å²) in [5, 5.41) is 5.80. The molecule has 4 rings (SSSR count). The van der Waals surface area contributed by atoms with Crippen molar-refractivity contribution in [1.29, 1.82) is 0 Å². The minimum Gasteiger partial charge on any atom is -0.379 e. The summed E-state index contributed by atoms with van der Waals surface area (Å²) in [6, 6.07) is 15.3. The van der Waals surface area contributed by atoms with Crippen LogP contribution < -0.4 is 10.6 Å². The predicted octanol–water partition coefficient (Wildman–Crippen LogP) is 3.28. The molecule has 3 N–H and O–H groups in total. The second-order valence-corrected chi connectivity index (χ2v) is 7.04. The van der Waals surface area contributed by atoms with Crippen LogP contribution in [0.2, 0.25) is 0 Å². The third kappa shape index (κ3) is 4.49. The Morgan fingerprint density at radius 3 is 2.68 bits per heavy atom. The molecule has 3 aromatic rings. The van der Waals surface area contributed by atoms with Crippen molar-refractivity contribution in [2.24, 2.45) is 0 Å². The number of anilines is 1. The summed E-state index contributed by atoms with van der Waals surface area (Å²) in [6.07, 6.45) is 0. The molecule has 1 fully saturated rings. The minimum absolute atomic E-state index is 0.229. The van der Waals surface area contributed by atoms with Gasteiger partial charge in [0.25, 0.3) is 0 Å². The summed E-state index contributed by atoms with van der Waals surface area (Å²) in [4.78, 5) is 22.5. The lowest BCUT2D eigenvalue weighted by molar-refractivity contribution is 0.0342. The van der Waals surface area contributed by atoms with Crippen molar-refractivity contribution in [3.8, 4) is 0 Å². The number of nitrogens with zero attached hydrogens (tertiary/aromatic N) is 2. The number of carbonyl (C=O) groups is 1. The van der Waals surface area contributed by atoms with Gasteiger partial charge in [0.2, 0.25) is 0 Å². The number of nitrogens with one attached hydrogen (secondary N) is 3. The first kappa shape index (κ1) is 18.5. The van der Waals surface area contributed by atoms with E-state index in [9.17, 15) is 4.79 Å². The van der Waals surface area contributed by atoms with Crippen molar-refractivity contribution < 1.29 is 9.53 Å². The van der Waals surface area contributed by atoms with Gasteiger partial charge in [-0.15, -0.1) is 0 Å². The maximum atomic E-state index is 12.3. The summed E-state index contributed by atoms with van der Waals surface area (Å²) in [5.41, 5.74) is 3.84. The number of hydrogen-bond donors (Lipinski definition) is 3. The van der Waals surface area contributed by atoms with Crippen molar-refractivity contribution >= 4 is 22.8 Å². The number of carbonyl (C=O) groups excluding carboxylic acids is 1. The first-order valence-corrected chi connectivity index (χ1v) is 9.58. The van der Waals surface area contributed by atoms with Crippen molar-refractivity contribution in [3.63, 3.8) is 0 Å². The molecule has 1 atom stereocenters. The number of hydrogen-bond acceptors (Lipinski definition) is 4. The summed E-state index contributed by atoms with van der Waals surface area (Å²) in [7, 11) is 0. The molecule has 1 aliphatic heterocycles. The van der Waals surface area contributed by atoms with E-state index >= 15 is 0 Å². The van der Waals surface area contributed by atoms with E-state index in [1.54, 1.807) is 0 Å². The summed E-state index contributed by atoms with van der Waals surface area (Å²) < 4.78 is 5.38. The highest BCUT2D eigenvalue weighted by molar-refractivity contribution is 5.89. The molecule has 2 heterocycles. The van der Waals surface area contributed by atoms with Crippen LogP contribution in [0.3, 0.4) is 0 Å². The number of rotatable bonds is 5. The molecule has 1 saturated heterocycles. The van der Waals surface area contributed by atoms with E-state index in [2.05, 4.69) is 25.5 Å². The number of H-pyrrole nitrogens is 1. The Kier molecular flexibility index (Phi) is 5.55. The second kappa shape index (κ2) is 8.41. The molecule has 0 unspecified atom stereocenters. The number of para-hydroxylation sites is 2. The molecule has 1 aliphatic rings. The number of amides is 2. The number of imidazole rings is 1. The minimum atomic E-state index is -0.256. The number of aromatic amines is 1. The Hall–Kier alpha value is -2.90. The van der Waals surface area contributed by atoms with E-state index in [0.29, 0.717) is 0 Å². The standard InChI is InChI=1S/C21H25N5O2/c1-15(20-24-18-4-2-3-5-19(18)25-20)22-21(27)23-17-8-6-16(7-9-17)14-26-10-12-28-13-11-26/h2-9,15H,10-14H2,1H3,(H,24,25)(H2,22,23,27)/t15-/m1/s1. The van der Waals surface area contributed by atoms with E-state index in [1.165, 1.54) is 5.56 Å². The van der Waals surface area contributed by atoms with Gasteiger partial charge in [0, 0.05) is 25.3 Å². The lowest BCUT2D eigenvalue weighted by Crippen LogP contribution is -2.35. The largest absolute Gasteiger partial charge is 0.379 e. The predicted molar refractivity (Wildman–Crippen MR) is 109 cm³/mol. The van der Waals surface area contributed by atoms with Crippen molar-refractivity contribution in [2.75, 3.05) is 31.6 Å². The first-order valence-electron chi connectivity index (χ1n) is 9.58. The van der Waals surface area contributed by atoms with Gasteiger partial charge in [-0.25, -0.2) is 9.78 Å². The monoisotopic (exact) mass is 379 g/mol. The number of ether oxygens (including phenoxy) is 1. The molecule has 0 bridgehead atoms. The Morgan fingerprint density at radius 1 is 1.18 bits per heavy atom.